The zero-order valence-corrected chi connectivity index (χ0v) is 39.5. The highest BCUT2D eigenvalue weighted by atomic mass is 31.2. The van der Waals surface area contributed by atoms with E-state index >= 15 is 0 Å². The largest absolute Gasteiger partial charge is 0.472 e. The van der Waals surface area contributed by atoms with Gasteiger partial charge < -0.3 is 29.1 Å². The number of rotatable bonds is 38. The quantitative estimate of drug-likeness (QED) is 0.0178. The van der Waals surface area contributed by atoms with Crippen LogP contribution >= 0.6 is 7.82 Å². The summed E-state index contributed by atoms with van der Waals surface area (Å²) >= 11 is 0. The molecule has 1 rings (SSSR count). The van der Waals surface area contributed by atoms with E-state index in [4.69, 9.17) is 18.5 Å². The van der Waals surface area contributed by atoms with Gasteiger partial charge in [0.15, 0.2) is 6.10 Å². The minimum absolute atomic E-state index is 0.00565. The average molecular weight is 883 g/mol. The first kappa shape index (κ1) is 56.6. The highest BCUT2D eigenvalue weighted by Gasteiger charge is 2.39. The van der Waals surface area contributed by atoms with Gasteiger partial charge in [-0.3, -0.25) is 23.4 Å². The number of quaternary nitrogens is 1. The molecule has 0 spiro atoms. The molecule has 0 heterocycles. The lowest BCUT2D eigenvalue weighted by molar-refractivity contribution is -0.870. The third-order valence-corrected chi connectivity index (χ3v) is 11.7. The third-order valence-electron chi connectivity index (χ3n) is 10.7. The van der Waals surface area contributed by atoms with Crippen LogP contribution in [0.4, 0.5) is 0 Å². The molecule has 12 nitrogen and oxygen atoms in total. The van der Waals surface area contributed by atoms with Crippen LogP contribution in [0, 0.1) is 11.8 Å². The van der Waals surface area contributed by atoms with Crippen LogP contribution in [0.15, 0.2) is 48.6 Å². The number of hydrogen-bond donors (Lipinski definition) is 3. The summed E-state index contributed by atoms with van der Waals surface area (Å²) in [6.07, 6.45) is 33.4. The summed E-state index contributed by atoms with van der Waals surface area (Å²) in [5.74, 6) is -1.55. The number of likely N-dealkylation sites (N-methyl/N-ethyl adjacent to an activating group) is 1. The Morgan fingerprint density at radius 1 is 0.770 bits per heavy atom. The third kappa shape index (κ3) is 32.0. The normalized spacial score (nSPS) is 19.4. The van der Waals surface area contributed by atoms with E-state index in [1.54, 1.807) is 12.2 Å². The second-order valence-electron chi connectivity index (χ2n) is 17.6. The minimum Gasteiger partial charge on any atom is -0.462 e. The number of aliphatic hydroxyl groups is 2. The lowest BCUT2D eigenvalue weighted by Gasteiger charge is -2.24. The molecule has 1 saturated carbocycles. The number of esters is 2. The Morgan fingerprint density at radius 3 is 1.98 bits per heavy atom. The van der Waals surface area contributed by atoms with Gasteiger partial charge in [-0.05, 0) is 70.1 Å². The molecule has 0 bridgehead atoms. The van der Waals surface area contributed by atoms with Crippen molar-refractivity contribution in [3.8, 4) is 0 Å². The number of nitrogens with zero attached hydrogens (tertiary/aromatic N) is 1. The van der Waals surface area contributed by atoms with Gasteiger partial charge in [0.05, 0.1) is 40.0 Å². The van der Waals surface area contributed by atoms with Crippen LogP contribution in [0.25, 0.3) is 0 Å². The first-order valence-corrected chi connectivity index (χ1v) is 25.0. The van der Waals surface area contributed by atoms with E-state index in [1.807, 2.05) is 21.1 Å². The van der Waals surface area contributed by atoms with Gasteiger partial charge in [-0.25, -0.2) is 4.57 Å². The summed E-state index contributed by atoms with van der Waals surface area (Å²) in [7, 11) is 1.32. The summed E-state index contributed by atoms with van der Waals surface area (Å²) in [6, 6.07) is 0. The van der Waals surface area contributed by atoms with E-state index < -0.39 is 44.7 Å². The molecule has 0 aliphatic heterocycles. The molecule has 0 radical (unpaired) electrons. The van der Waals surface area contributed by atoms with Crippen LogP contribution in [0.1, 0.15) is 162 Å². The first-order valence-electron chi connectivity index (χ1n) is 23.5. The number of ether oxygens (including phenoxy) is 2. The van der Waals surface area contributed by atoms with Crippen molar-refractivity contribution >= 4 is 25.5 Å². The van der Waals surface area contributed by atoms with Crippen LogP contribution in [-0.4, -0.2) is 103 Å². The lowest BCUT2D eigenvalue weighted by Crippen LogP contribution is -2.37. The smallest absolute Gasteiger partial charge is 0.462 e. The molecule has 3 N–H and O–H groups in total. The number of unbranched alkanes of at least 4 members (excludes halogenated alkanes) is 12. The molecule has 61 heavy (non-hydrogen) atoms. The zero-order chi connectivity index (χ0) is 45.2. The molecule has 13 heteroatoms. The fraction of sp³-hybridized carbons (Fsp3) is 0.771. The molecule has 0 aromatic heterocycles. The van der Waals surface area contributed by atoms with Crippen molar-refractivity contribution in [2.75, 3.05) is 47.5 Å². The molecule has 1 fully saturated rings. The van der Waals surface area contributed by atoms with E-state index in [9.17, 15) is 34.1 Å². The topological polar surface area (TPSA) is 166 Å². The summed E-state index contributed by atoms with van der Waals surface area (Å²) in [4.78, 5) is 48.2. The summed E-state index contributed by atoms with van der Waals surface area (Å²) in [5, 5.41) is 20.8. The molecular formula is C48H85NO11P+. The lowest BCUT2D eigenvalue weighted by atomic mass is 9.88. The molecule has 1 unspecified atom stereocenters. The predicted octanol–water partition coefficient (Wildman–Crippen LogP) is 10.1. The summed E-state index contributed by atoms with van der Waals surface area (Å²) < 4.78 is 34.3. The summed E-state index contributed by atoms with van der Waals surface area (Å²) in [5.41, 5.74) is 0. The number of carbonyl (C=O) groups is 3. The van der Waals surface area contributed by atoms with Crippen molar-refractivity contribution < 1.29 is 57.1 Å². The van der Waals surface area contributed by atoms with E-state index in [1.165, 1.54) is 19.3 Å². The van der Waals surface area contributed by atoms with Crippen molar-refractivity contribution in [3.05, 3.63) is 48.6 Å². The molecule has 1 aliphatic carbocycles. The number of phosphoric acid groups is 1. The van der Waals surface area contributed by atoms with E-state index in [-0.39, 0.29) is 50.1 Å². The van der Waals surface area contributed by atoms with Crippen molar-refractivity contribution in [1.29, 1.82) is 0 Å². The number of phosphoric ester groups is 1. The van der Waals surface area contributed by atoms with E-state index in [0.717, 1.165) is 83.5 Å². The standard InChI is InChI=1S/C48H84NO11P/c1-6-8-10-11-12-13-14-15-16-17-18-19-20-21-22-23-29-33-48(54)60-42(40-59-61(55,56)58-37-36-49(3,4)5)39-57-47(53)32-28-25-24-27-31-43-44(46(52)38-45(43)51)35-34-41(50)30-26-9-7-2/h12-13,15-16,18-19,34-35,41-45,50-51H,6-11,14,17,20-33,36-40H2,1-5H3/p+1/b13-12-,16-15-,19-18-,35-34+/t41-,42+,43+,44+,45-/m0/s1. The van der Waals surface area contributed by atoms with E-state index in [2.05, 4.69) is 50.3 Å². The maximum absolute atomic E-state index is 12.8. The Kier molecular flexibility index (Phi) is 32.4. The van der Waals surface area contributed by atoms with Crippen molar-refractivity contribution in [3.63, 3.8) is 0 Å². The van der Waals surface area contributed by atoms with Crippen LogP contribution in [-0.2, 0) is 37.5 Å². The maximum atomic E-state index is 12.8. The summed E-state index contributed by atoms with van der Waals surface area (Å²) in [6.45, 7) is 3.99. The molecule has 352 valence electrons. The Hall–Kier alpha value is -2.44. The second-order valence-corrected chi connectivity index (χ2v) is 19.0. The van der Waals surface area contributed by atoms with Crippen molar-refractivity contribution in [1.82, 2.24) is 0 Å². The average Bonchev–Trinajstić information content (AvgIpc) is 3.47. The van der Waals surface area contributed by atoms with Gasteiger partial charge in [-0.15, -0.1) is 0 Å². The van der Waals surface area contributed by atoms with Crippen molar-refractivity contribution in [2.24, 2.45) is 11.8 Å². The number of carbonyl (C=O) groups excluding carboxylic acids is 3. The van der Waals surface area contributed by atoms with Gasteiger partial charge in [0.1, 0.15) is 25.5 Å². The minimum atomic E-state index is -4.44. The molecule has 0 aromatic carbocycles. The Balaban J connectivity index is 2.47. The van der Waals surface area contributed by atoms with Gasteiger partial charge in [0.25, 0.3) is 0 Å². The molecule has 0 saturated heterocycles. The van der Waals surface area contributed by atoms with Gasteiger partial charge in [-0.1, -0.05) is 127 Å². The Labute approximate surface area is 369 Å². The van der Waals surface area contributed by atoms with Crippen LogP contribution in [0.3, 0.4) is 0 Å². The zero-order valence-electron chi connectivity index (χ0n) is 38.6. The molecular weight excluding hydrogens is 797 g/mol. The van der Waals surface area contributed by atoms with Gasteiger partial charge in [0.2, 0.25) is 0 Å². The molecule has 6 atom stereocenters. The van der Waals surface area contributed by atoms with Crippen LogP contribution in [0.2, 0.25) is 0 Å². The monoisotopic (exact) mass is 883 g/mol. The molecule has 1 aliphatic rings. The Morgan fingerprint density at radius 2 is 1.34 bits per heavy atom. The van der Waals surface area contributed by atoms with Gasteiger partial charge >= 0.3 is 19.8 Å². The Bertz CT molecular complexity index is 1340. The first-order chi connectivity index (χ1) is 29.2. The molecule has 0 amide bonds. The highest BCUT2D eigenvalue weighted by Crippen LogP contribution is 2.43. The van der Waals surface area contributed by atoms with E-state index in [0.29, 0.717) is 36.7 Å². The number of ketones is 1. The van der Waals surface area contributed by atoms with Crippen molar-refractivity contribution in [2.45, 2.75) is 180 Å². The number of allylic oxidation sites excluding steroid dienone is 7. The second kappa shape index (κ2) is 35.0. The molecule has 0 aromatic rings. The van der Waals surface area contributed by atoms with Crippen LogP contribution in [0.5, 0.6) is 0 Å². The number of aliphatic hydroxyl groups excluding tert-OH is 2. The predicted molar refractivity (Wildman–Crippen MR) is 244 cm³/mol. The SMILES string of the molecule is CCCCC/C=C\C/C=C\C/C=C\CCCCCCC(=O)O[C@H](COC(=O)CCCCCC[C@H]1[C@@H](O)CC(=O)[C@@H]1/C=C/[C@@H](O)CCCCC)COP(=O)(O)OCC[N+](C)(C)C. The maximum Gasteiger partial charge on any atom is 0.472 e. The highest BCUT2D eigenvalue weighted by molar-refractivity contribution is 7.47. The fourth-order valence-electron chi connectivity index (χ4n) is 6.98. The number of hydrogen-bond acceptors (Lipinski definition) is 10. The van der Waals surface area contributed by atoms with Crippen LogP contribution < -0.4 is 0 Å². The number of Topliss-reactive ketones (excluding diaryl/α,β-unsaturated/α-hetero) is 1. The fourth-order valence-corrected chi connectivity index (χ4v) is 7.72. The van der Waals surface area contributed by atoms with Gasteiger partial charge in [0, 0.05) is 25.2 Å². The van der Waals surface area contributed by atoms with Gasteiger partial charge in [-0.2, -0.15) is 0 Å².